The minimum atomic E-state index is -5.52. The first-order chi connectivity index (χ1) is 9.22. The van der Waals surface area contributed by atoms with Crippen LogP contribution >= 0.6 is 0 Å². The fourth-order valence-corrected chi connectivity index (χ4v) is 3.00. The van der Waals surface area contributed by atoms with E-state index in [1.807, 2.05) is 0 Å². The first-order valence-electron chi connectivity index (χ1n) is 6.45. The Morgan fingerprint density at radius 3 is 2.20 bits per heavy atom. The van der Waals surface area contributed by atoms with Crippen LogP contribution in [0.25, 0.3) is 0 Å². The van der Waals surface area contributed by atoms with E-state index in [0.29, 0.717) is 12.3 Å². The Bertz CT molecular complexity index is 318. The van der Waals surface area contributed by atoms with E-state index in [1.54, 1.807) is 0 Å². The molecule has 1 heterocycles. The average Bonchev–Trinajstić information content (AvgIpc) is 2.36. The molecular weight excluding hydrogens is 303 g/mol. The van der Waals surface area contributed by atoms with Gasteiger partial charge >= 0.3 is 12.1 Å². The molecule has 0 aliphatic carbocycles. The Morgan fingerprint density at radius 1 is 1.05 bits per heavy atom. The van der Waals surface area contributed by atoms with E-state index in [1.165, 1.54) is 0 Å². The lowest BCUT2D eigenvalue weighted by molar-refractivity contribution is -0.284. The molecule has 1 aliphatic rings. The van der Waals surface area contributed by atoms with Gasteiger partial charge in [-0.1, -0.05) is 0 Å². The molecule has 0 bridgehead atoms. The molecule has 1 fully saturated rings. The van der Waals surface area contributed by atoms with Gasteiger partial charge in [-0.2, -0.15) is 22.0 Å². The van der Waals surface area contributed by atoms with Gasteiger partial charge in [0.1, 0.15) is 0 Å². The summed E-state index contributed by atoms with van der Waals surface area (Å²) in [7, 11) is -1.35. The second kappa shape index (κ2) is 7.65. The first-order valence-corrected chi connectivity index (χ1v) is 7.94. The summed E-state index contributed by atoms with van der Waals surface area (Å²) in [6, 6.07) is 0. The summed E-state index contributed by atoms with van der Waals surface area (Å²) in [5.74, 6) is -4.48. The van der Waals surface area contributed by atoms with Crippen LogP contribution in [0.2, 0.25) is 0 Å². The van der Waals surface area contributed by atoms with Gasteiger partial charge in [-0.3, -0.25) is 9.11 Å². The van der Waals surface area contributed by atoms with Crippen LogP contribution in [0.15, 0.2) is 0 Å². The third-order valence-corrected chi connectivity index (χ3v) is 4.50. The van der Waals surface area contributed by atoms with E-state index in [0.717, 1.165) is 26.2 Å². The van der Waals surface area contributed by atoms with Crippen LogP contribution in [0.3, 0.4) is 0 Å². The lowest BCUT2D eigenvalue weighted by atomic mass is 10.2. The highest BCUT2D eigenvalue weighted by molar-refractivity contribution is 7.84. The van der Waals surface area contributed by atoms with Crippen LogP contribution in [-0.4, -0.2) is 65.4 Å². The second-order valence-electron chi connectivity index (χ2n) is 4.75. The zero-order chi connectivity index (χ0) is 15.2. The standard InChI is InChI=1S/C11H19F5N2OS/c12-10(13,11(14,15)16)2-1-8-20(19)9-7-18-5-3-17-4-6-18/h17H,1-9H2. The molecule has 1 aliphatic heterocycles. The zero-order valence-corrected chi connectivity index (χ0v) is 11.8. The molecule has 1 N–H and O–H groups in total. The van der Waals surface area contributed by atoms with E-state index in [-0.39, 0.29) is 12.2 Å². The smallest absolute Gasteiger partial charge is 0.314 e. The number of nitrogens with one attached hydrogen (secondary N) is 1. The number of rotatable bonds is 7. The second-order valence-corrected chi connectivity index (χ2v) is 6.44. The van der Waals surface area contributed by atoms with Crippen LogP contribution in [0.5, 0.6) is 0 Å². The number of hydrogen-bond acceptors (Lipinski definition) is 3. The van der Waals surface area contributed by atoms with Gasteiger partial charge in [-0.15, -0.1) is 0 Å². The van der Waals surface area contributed by atoms with E-state index in [4.69, 9.17) is 0 Å². The van der Waals surface area contributed by atoms with Crippen molar-refractivity contribution in [1.29, 1.82) is 0 Å². The summed E-state index contributed by atoms with van der Waals surface area (Å²) in [5, 5.41) is 3.16. The Kier molecular flexibility index (Phi) is 6.80. The minimum absolute atomic E-state index is 0.113. The molecule has 120 valence electrons. The van der Waals surface area contributed by atoms with Crippen molar-refractivity contribution in [1.82, 2.24) is 10.2 Å². The third kappa shape index (κ3) is 6.01. The number of nitrogens with zero attached hydrogens (tertiary/aromatic N) is 1. The molecule has 0 aromatic carbocycles. The topological polar surface area (TPSA) is 32.3 Å². The van der Waals surface area contributed by atoms with Crippen molar-refractivity contribution >= 4 is 10.8 Å². The molecule has 1 saturated heterocycles. The number of halogens is 5. The van der Waals surface area contributed by atoms with Crippen LogP contribution < -0.4 is 5.32 Å². The molecule has 0 amide bonds. The maximum absolute atomic E-state index is 12.6. The Labute approximate surface area is 117 Å². The van der Waals surface area contributed by atoms with Gasteiger partial charge in [0.15, 0.2) is 0 Å². The van der Waals surface area contributed by atoms with Crippen molar-refractivity contribution in [2.75, 3.05) is 44.2 Å². The van der Waals surface area contributed by atoms with Crippen LogP contribution in [-0.2, 0) is 10.8 Å². The van der Waals surface area contributed by atoms with E-state index in [9.17, 15) is 26.2 Å². The minimum Gasteiger partial charge on any atom is -0.314 e. The van der Waals surface area contributed by atoms with Crippen LogP contribution in [0.1, 0.15) is 12.8 Å². The SMILES string of the molecule is O=S(CCCC(F)(F)C(F)(F)F)CCN1CCNCC1. The van der Waals surface area contributed by atoms with Crippen molar-refractivity contribution in [2.24, 2.45) is 0 Å². The summed E-state index contributed by atoms with van der Waals surface area (Å²) in [5.41, 5.74) is 0. The molecule has 20 heavy (non-hydrogen) atoms. The Hall–Kier alpha value is -0.280. The highest BCUT2D eigenvalue weighted by atomic mass is 32.2. The molecule has 0 saturated carbocycles. The summed E-state index contributed by atoms with van der Waals surface area (Å²) in [6.45, 7) is 3.96. The highest BCUT2D eigenvalue weighted by Crippen LogP contribution is 2.38. The van der Waals surface area contributed by atoms with Crippen molar-refractivity contribution in [3.8, 4) is 0 Å². The summed E-state index contributed by atoms with van der Waals surface area (Å²) < 4.78 is 72.5. The molecule has 1 rings (SSSR count). The monoisotopic (exact) mass is 322 g/mol. The fourth-order valence-electron chi connectivity index (χ4n) is 1.86. The third-order valence-electron chi connectivity index (χ3n) is 3.12. The van der Waals surface area contributed by atoms with Crippen molar-refractivity contribution in [3.63, 3.8) is 0 Å². The van der Waals surface area contributed by atoms with E-state index in [2.05, 4.69) is 10.2 Å². The van der Waals surface area contributed by atoms with Gasteiger partial charge < -0.3 is 5.32 Å². The molecule has 0 aromatic heterocycles. The largest absolute Gasteiger partial charge is 0.453 e. The molecule has 0 radical (unpaired) electrons. The zero-order valence-electron chi connectivity index (χ0n) is 11.0. The molecule has 0 aromatic rings. The number of alkyl halides is 5. The van der Waals surface area contributed by atoms with Gasteiger partial charge in [0.25, 0.3) is 0 Å². The summed E-state index contributed by atoms with van der Waals surface area (Å²) >= 11 is 0. The van der Waals surface area contributed by atoms with Crippen molar-refractivity contribution < 1.29 is 26.2 Å². The quantitative estimate of drug-likeness (QED) is 0.723. The number of piperazine rings is 1. The molecule has 3 nitrogen and oxygen atoms in total. The molecule has 1 atom stereocenters. The predicted molar refractivity (Wildman–Crippen MR) is 67.4 cm³/mol. The van der Waals surface area contributed by atoms with Crippen LogP contribution in [0.4, 0.5) is 22.0 Å². The van der Waals surface area contributed by atoms with E-state index < -0.39 is 29.3 Å². The molecule has 1 unspecified atom stereocenters. The van der Waals surface area contributed by atoms with Gasteiger partial charge in [0.05, 0.1) is 0 Å². The van der Waals surface area contributed by atoms with Crippen LogP contribution in [0, 0.1) is 0 Å². The number of hydrogen-bond donors (Lipinski definition) is 1. The normalized spacial score (nSPS) is 20.1. The van der Waals surface area contributed by atoms with Gasteiger partial charge in [-0.25, -0.2) is 0 Å². The Morgan fingerprint density at radius 2 is 1.65 bits per heavy atom. The van der Waals surface area contributed by atoms with Crippen molar-refractivity contribution in [2.45, 2.75) is 24.9 Å². The highest BCUT2D eigenvalue weighted by Gasteiger charge is 2.56. The van der Waals surface area contributed by atoms with Gasteiger partial charge in [0, 0.05) is 61.4 Å². The maximum Gasteiger partial charge on any atom is 0.453 e. The van der Waals surface area contributed by atoms with Gasteiger partial charge in [-0.05, 0) is 6.42 Å². The predicted octanol–water partition coefficient (Wildman–Crippen LogP) is 1.62. The van der Waals surface area contributed by atoms with E-state index >= 15 is 0 Å². The molecule has 0 spiro atoms. The first kappa shape index (κ1) is 17.8. The molecule has 9 heteroatoms. The lowest BCUT2D eigenvalue weighted by Gasteiger charge is -2.26. The average molecular weight is 322 g/mol. The van der Waals surface area contributed by atoms with Gasteiger partial charge in [0.2, 0.25) is 0 Å². The summed E-state index contributed by atoms with van der Waals surface area (Å²) in [4.78, 5) is 2.10. The van der Waals surface area contributed by atoms with Crippen molar-refractivity contribution in [3.05, 3.63) is 0 Å². The fraction of sp³-hybridized carbons (Fsp3) is 1.00. The Balaban J connectivity index is 2.17. The maximum atomic E-state index is 12.6. The summed E-state index contributed by atoms with van der Waals surface area (Å²) in [6.07, 6.45) is -7.20. The lowest BCUT2D eigenvalue weighted by Crippen LogP contribution is -2.44. The molecular formula is C11H19F5N2OS.